The van der Waals surface area contributed by atoms with E-state index in [1.807, 2.05) is 0 Å². The first-order valence-corrected chi connectivity index (χ1v) is 10.0. The second-order valence-electron chi connectivity index (χ2n) is 5.85. The van der Waals surface area contributed by atoms with Gasteiger partial charge in [0.15, 0.2) is 9.84 Å². The summed E-state index contributed by atoms with van der Waals surface area (Å²) in [6.45, 7) is -0.201. The first kappa shape index (κ1) is 18.3. The lowest BCUT2D eigenvalue weighted by Crippen LogP contribution is -2.21. The van der Waals surface area contributed by atoms with E-state index < -0.39 is 21.6 Å². The van der Waals surface area contributed by atoms with E-state index >= 15 is 0 Å². The Morgan fingerprint density at radius 2 is 2.00 bits per heavy atom. The molecule has 26 heavy (non-hydrogen) atoms. The Labute approximate surface area is 154 Å². The van der Waals surface area contributed by atoms with Crippen molar-refractivity contribution in [3.63, 3.8) is 0 Å². The molecule has 6 nitrogen and oxygen atoms in total. The summed E-state index contributed by atoms with van der Waals surface area (Å²) in [5, 5.41) is 2.68. The van der Waals surface area contributed by atoms with Crippen molar-refractivity contribution in [3.8, 4) is 0 Å². The summed E-state index contributed by atoms with van der Waals surface area (Å²) in [4.78, 5) is 16.7. The lowest BCUT2D eigenvalue weighted by Gasteiger charge is -2.10. The van der Waals surface area contributed by atoms with Gasteiger partial charge in [-0.2, -0.15) is 0 Å². The van der Waals surface area contributed by atoms with E-state index in [-0.39, 0.29) is 28.8 Å². The van der Waals surface area contributed by atoms with Gasteiger partial charge < -0.3 is 9.88 Å². The third-order valence-electron chi connectivity index (χ3n) is 3.63. The highest BCUT2D eigenvalue weighted by molar-refractivity contribution is 7.89. The van der Waals surface area contributed by atoms with Gasteiger partial charge in [-0.05, 0) is 30.3 Å². The normalized spacial score (nSPS) is 11.7. The van der Waals surface area contributed by atoms with Crippen LogP contribution in [0.1, 0.15) is 5.82 Å². The summed E-state index contributed by atoms with van der Waals surface area (Å²) in [6.07, 6.45) is 1.10. The van der Waals surface area contributed by atoms with Crippen LogP contribution < -0.4 is 5.32 Å². The number of sulfone groups is 1. The SMILES string of the molecule is CS(=O)(=O)Cc1nc2ccccc2n1CC(=O)Nc1ccc(Cl)cc1F. The number of aromatic nitrogens is 2. The third-order valence-corrected chi connectivity index (χ3v) is 4.65. The Morgan fingerprint density at radius 1 is 1.27 bits per heavy atom. The van der Waals surface area contributed by atoms with Crippen molar-refractivity contribution in [2.45, 2.75) is 12.3 Å². The molecule has 1 amide bonds. The summed E-state index contributed by atoms with van der Waals surface area (Å²) in [5.74, 6) is -1.22. The minimum Gasteiger partial charge on any atom is -0.322 e. The molecule has 1 heterocycles. The van der Waals surface area contributed by atoms with Gasteiger partial charge >= 0.3 is 0 Å². The molecule has 0 radical (unpaired) electrons. The van der Waals surface area contributed by atoms with Crippen molar-refractivity contribution in [2.75, 3.05) is 11.6 Å². The molecule has 0 spiro atoms. The first-order chi connectivity index (χ1) is 12.2. The second kappa shape index (κ2) is 7.05. The maximum atomic E-state index is 13.8. The van der Waals surface area contributed by atoms with Gasteiger partial charge in [0.25, 0.3) is 0 Å². The largest absolute Gasteiger partial charge is 0.322 e. The van der Waals surface area contributed by atoms with Gasteiger partial charge in [-0.15, -0.1) is 0 Å². The van der Waals surface area contributed by atoms with Crippen LogP contribution >= 0.6 is 11.6 Å². The van der Waals surface area contributed by atoms with Crippen LogP contribution in [0.4, 0.5) is 10.1 Å². The van der Waals surface area contributed by atoms with Crippen molar-refractivity contribution >= 4 is 44.1 Å². The summed E-state index contributed by atoms with van der Waals surface area (Å²) in [7, 11) is -3.34. The molecule has 136 valence electrons. The monoisotopic (exact) mass is 395 g/mol. The van der Waals surface area contributed by atoms with Crippen molar-refractivity contribution in [2.24, 2.45) is 0 Å². The van der Waals surface area contributed by atoms with Gasteiger partial charge in [-0.3, -0.25) is 4.79 Å². The molecule has 1 N–H and O–H groups in total. The number of nitrogens with zero attached hydrogens (tertiary/aromatic N) is 2. The molecule has 3 aromatic rings. The quantitative estimate of drug-likeness (QED) is 0.720. The molecule has 0 saturated carbocycles. The van der Waals surface area contributed by atoms with Gasteiger partial charge in [0.05, 0.1) is 16.7 Å². The number of imidazole rings is 1. The predicted molar refractivity (Wildman–Crippen MR) is 98.3 cm³/mol. The third kappa shape index (κ3) is 4.20. The predicted octanol–water partition coefficient (Wildman–Crippen LogP) is 3.01. The van der Waals surface area contributed by atoms with E-state index in [2.05, 4.69) is 10.3 Å². The van der Waals surface area contributed by atoms with Gasteiger partial charge in [0.1, 0.15) is 23.9 Å². The number of carbonyl (C=O) groups excluding carboxylic acids is 1. The van der Waals surface area contributed by atoms with E-state index in [0.717, 1.165) is 12.3 Å². The fourth-order valence-corrected chi connectivity index (χ4v) is 3.42. The fraction of sp³-hybridized carbons (Fsp3) is 0.176. The Morgan fingerprint density at radius 3 is 2.69 bits per heavy atom. The van der Waals surface area contributed by atoms with Crippen LogP contribution in [-0.4, -0.2) is 30.1 Å². The van der Waals surface area contributed by atoms with Crippen molar-refractivity contribution < 1.29 is 17.6 Å². The van der Waals surface area contributed by atoms with Crippen LogP contribution in [-0.2, 0) is 26.9 Å². The molecule has 0 aliphatic rings. The molecule has 0 fully saturated rings. The fourth-order valence-electron chi connectivity index (χ4n) is 2.57. The minimum atomic E-state index is -3.34. The molecular formula is C17H15ClFN3O3S. The molecule has 2 aromatic carbocycles. The van der Waals surface area contributed by atoms with Crippen molar-refractivity contribution in [1.82, 2.24) is 9.55 Å². The van der Waals surface area contributed by atoms with Gasteiger partial charge in [-0.25, -0.2) is 17.8 Å². The van der Waals surface area contributed by atoms with E-state index in [0.29, 0.717) is 11.0 Å². The Hall–Kier alpha value is -2.45. The molecule has 0 unspecified atom stereocenters. The van der Waals surface area contributed by atoms with Gasteiger partial charge in [0.2, 0.25) is 5.91 Å². The topological polar surface area (TPSA) is 81.1 Å². The smallest absolute Gasteiger partial charge is 0.244 e. The van der Waals surface area contributed by atoms with Crippen LogP contribution in [0.2, 0.25) is 5.02 Å². The number of nitrogens with one attached hydrogen (secondary N) is 1. The molecule has 0 aliphatic heterocycles. The van der Waals surface area contributed by atoms with E-state index in [4.69, 9.17) is 11.6 Å². The number of halogens is 2. The highest BCUT2D eigenvalue weighted by atomic mass is 35.5. The number of amides is 1. The highest BCUT2D eigenvalue weighted by Gasteiger charge is 2.18. The molecule has 9 heteroatoms. The van der Waals surface area contributed by atoms with E-state index in [9.17, 15) is 17.6 Å². The standard InChI is InChI=1S/C17H15ClFN3O3S/c1-26(24,25)10-16-20-14-4-2-3-5-15(14)22(16)9-17(23)21-13-7-6-11(18)8-12(13)19/h2-8H,9-10H2,1H3,(H,21,23). The van der Waals surface area contributed by atoms with Gasteiger partial charge in [0, 0.05) is 11.3 Å². The van der Waals surface area contributed by atoms with Crippen LogP contribution in [0.25, 0.3) is 11.0 Å². The zero-order chi connectivity index (χ0) is 18.9. The molecule has 0 aliphatic carbocycles. The number of rotatable bonds is 5. The number of anilines is 1. The molecule has 0 saturated heterocycles. The maximum Gasteiger partial charge on any atom is 0.244 e. The maximum absolute atomic E-state index is 13.8. The van der Waals surface area contributed by atoms with Crippen LogP contribution in [0.5, 0.6) is 0 Å². The van der Waals surface area contributed by atoms with Crippen molar-refractivity contribution in [3.05, 3.63) is 59.1 Å². The van der Waals surface area contributed by atoms with Gasteiger partial charge in [-0.1, -0.05) is 23.7 Å². The lowest BCUT2D eigenvalue weighted by molar-refractivity contribution is -0.116. The zero-order valence-electron chi connectivity index (χ0n) is 13.7. The molecular weight excluding hydrogens is 381 g/mol. The minimum absolute atomic E-state index is 0.00603. The molecule has 3 rings (SSSR count). The average Bonchev–Trinajstić information content (AvgIpc) is 2.86. The molecule has 0 atom stereocenters. The molecule has 1 aromatic heterocycles. The summed E-state index contributed by atoms with van der Waals surface area (Å²) in [5.41, 5.74) is 1.20. The zero-order valence-corrected chi connectivity index (χ0v) is 15.3. The summed E-state index contributed by atoms with van der Waals surface area (Å²) < 4.78 is 38.7. The number of hydrogen-bond donors (Lipinski definition) is 1. The number of benzene rings is 2. The van der Waals surface area contributed by atoms with E-state index in [1.165, 1.54) is 16.7 Å². The summed E-state index contributed by atoms with van der Waals surface area (Å²) in [6, 6.07) is 10.9. The lowest BCUT2D eigenvalue weighted by atomic mass is 10.3. The number of hydrogen-bond acceptors (Lipinski definition) is 4. The van der Waals surface area contributed by atoms with Crippen molar-refractivity contribution in [1.29, 1.82) is 0 Å². The molecule has 0 bridgehead atoms. The number of carbonyl (C=O) groups is 1. The average molecular weight is 396 g/mol. The Bertz CT molecular complexity index is 1100. The second-order valence-corrected chi connectivity index (χ2v) is 8.42. The van der Waals surface area contributed by atoms with Crippen LogP contribution in [0, 0.1) is 5.82 Å². The van der Waals surface area contributed by atoms with Crippen LogP contribution in [0.15, 0.2) is 42.5 Å². The summed E-state index contributed by atoms with van der Waals surface area (Å²) >= 11 is 5.69. The Balaban J connectivity index is 1.91. The highest BCUT2D eigenvalue weighted by Crippen LogP contribution is 2.20. The van der Waals surface area contributed by atoms with E-state index in [1.54, 1.807) is 24.3 Å². The Kier molecular flexibility index (Phi) is 4.97. The van der Waals surface area contributed by atoms with Crippen LogP contribution in [0.3, 0.4) is 0 Å². The number of fused-ring (bicyclic) bond motifs is 1. The number of para-hydroxylation sites is 2. The first-order valence-electron chi connectivity index (χ1n) is 7.60.